The Balaban J connectivity index is 0.851. The minimum Gasteiger partial charge on any atom is -0.356 e. The third kappa shape index (κ3) is 9.39. The average Bonchev–Trinajstić information content (AvgIpc) is 3.78. The van der Waals surface area contributed by atoms with Gasteiger partial charge < -0.3 is 10.2 Å². The predicted octanol–water partition coefficient (Wildman–Crippen LogP) is 12.4. The average molecular weight is 891 g/mol. The molecular formula is C51H64BrN5O2S. The van der Waals surface area contributed by atoms with Gasteiger partial charge in [-0.2, -0.15) is 4.98 Å². The molecule has 1 atom stereocenters. The van der Waals surface area contributed by atoms with E-state index in [1.54, 1.807) is 11.3 Å². The van der Waals surface area contributed by atoms with E-state index in [-0.39, 0.29) is 22.3 Å². The number of amides is 1. The van der Waals surface area contributed by atoms with Gasteiger partial charge in [0, 0.05) is 17.4 Å². The van der Waals surface area contributed by atoms with Gasteiger partial charge in [-0.1, -0.05) is 102 Å². The molecule has 2 fully saturated rings. The van der Waals surface area contributed by atoms with Crippen LogP contribution in [0.4, 0.5) is 0 Å². The number of rotatable bonds is 15. The number of aromatic nitrogens is 3. The molecule has 8 rings (SSSR count). The molecule has 1 saturated heterocycles. The van der Waals surface area contributed by atoms with Crippen LogP contribution < -0.4 is 10.9 Å². The maximum atomic E-state index is 13.5. The second-order valence-corrected chi connectivity index (χ2v) is 21.0. The van der Waals surface area contributed by atoms with E-state index in [0.29, 0.717) is 23.6 Å². The number of hydrogen-bond donors (Lipinski definition) is 1. The molecule has 0 radical (unpaired) electrons. The Morgan fingerprint density at radius 2 is 1.70 bits per heavy atom. The van der Waals surface area contributed by atoms with Gasteiger partial charge in [0.1, 0.15) is 5.82 Å². The Morgan fingerprint density at radius 3 is 2.42 bits per heavy atom. The molecule has 3 aliphatic rings. The van der Waals surface area contributed by atoms with Gasteiger partial charge in [-0.3, -0.25) is 14.2 Å². The molecule has 1 amide bonds. The summed E-state index contributed by atoms with van der Waals surface area (Å²) in [5.41, 5.74) is 10.5. The van der Waals surface area contributed by atoms with Gasteiger partial charge in [-0.15, -0.1) is 11.3 Å². The molecular weight excluding hydrogens is 827 g/mol. The highest BCUT2D eigenvalue weighted by molar-refractivity contribution is 9.10. The summed E-state index contributed by atoms with van der Waals surface area (Å²) >= 11 is 5.37. The largest absolute Gasteiger partial charge is 0.356 e. The maximum Gasteiger partial charge on any atom is 0.281 e. The number of piperidine rings is 1. The summed E-state index contributed by atoms with van der Waals surface area (Å²) in [7, 11) is 0. The van der Waals surface area contributed by atoms with Crippen molar-refractivity contribution in [1.29, 1.82) is 0 Å². The minimum atomic E-state index is -0.174. The molecule has 1 unspecified atom stereocenters. The number of unbranched alkanes of at least 4 members (excludes halogenated alkanes) is 3. The Labute approximate surface area is 369 Å². The second-order valence-electron chi connectivity index (χ2n) is 19.3. The Kier molecular flexibility index (Phi) is 13.4. The van der Waals surface area contributed by atoms with E-state index in [1.807, 2.05) is 17.6 Å². The molecule has 1 saturated carbocycles. The van der Waals surface area contributed by atoms with E-state index in [9.17, 15) is 9.59 Å². The lowest BCUT2D eigenvalue weighted by molar-refractivity contribution is -0.122. The van der Waals surface area contributed by atoms with E-state index < -0.39 is 0 Å². The zero-order valence-corrected chi connectivity index (χ0v) is 38.7. The highest BCUT2D eigenvalue weighted by Gasteiger charge is 2.47. The van der Waals surface area contributed by atoms with Crippen LogP contribution in [0.1, 0.15) is 157 Å². The molecule has 2 aromatic heterocycles. The first-order chi connectivity index (χ1) is 29.0. The summed E-state index contributed by atoms with van der Waals surface area (Å²) in [6.45, 7) is 12.7. The van der Waals surface area contributed by atoms with E-state index in [1.165, 1.54) is 97.2 Å². The molecule has 0 bridgehead atoms. The van der Waals surface area contributed by atoms with Crippen molar-refractivity contribution in [3.8, 4) is 16.1 Å². The number of thiazole rings is 1. The Hall–Kier alpha value is -3.66. The molecule has 7 nitrogen and oxygen atoms in total. The van der Waals surface area contributed by atoms with Crippen molar-refractivity contribution < 1.29 is 4.79 Å². The number of carbonyl (C=O) groups excluding carboxylic acids is 1. The van der Waals surface area contributed by atoms with Crippen molar-refractivity contribution in [3.05, 3.63) is 109 Å². The molecule has 5 aromatic rings. The number of nitrogens with one attached hydrogen (secondary N) is 1. The first kappa shape index (κ1) is 43.0. The van der Waals surface area contributed by atoms with Crippen molar-refractivity contribution >= 4 is 44.1 Å². The topological polar surface area (TPSA) is 80.1 Å². The highest BCUT2D eigenvalue weighted by Crippen LogP contribution is 2.52. The van der Waals surface area contributed by atoms with Gasteiger partial charge in [0.05, 0.1) is 38.1 Å². The van der Waals surface area contributed by atoms with Crippen LogP contribution in [-0.2, 0) is 10.2 Å². The minimum absolute atomic E-state index is 0.0167. The fraction of sp³-hybridized carbons (Fsp3) is 0.529. The zero-order valence-electron chi connectivity index (χ0n) is 36.3. The van der Waals surface area contributed by atoms with Crippen molar-refractivity contribution in [2.24, 2.45) is 5.41 Å². The van der Waals surface area contributed by atoms with Crippen LogP contribution in [0.15, 0.2) is 75.4 Å². The first-order valence-corrected chi connectivity index (χ1v) is 24.5. The van der Waals surface area contributed by atoms with Crippen LogP contribution >= 0.6 is 27.3 Å². The summed E-state index contributed by atoms with van der Waals surface area (Å²) in [6, 6.07) is 22.6. The molecule has 60 heavy (non-hydrogen) atoms. The predicted molar refractivity (Wildman–Crippen MR) is 252 cm³/mol. The van der Waals surface area contributed by atoms with E-state index in [4.69, 9.17) is 4.98 Å². The number of nitrogens with zero attached hydrogens (tertiary/aromatic N) is 4. The van der Waals surface area contributed by atoms with Crippen LogP contribution in [0, 0.1) is 12.3 Å². The van der Waals surface area contributed by atoms with Crippen LogP contribution in [0.5, 0.6) is 0 Å². The summed E-state index contributed by atoms with van der Waals surface area (Å²) in [5.74, 6) is 2.23. The summed E-state index contributed by atoms with van der Waals surface area (Å²) in [5, 5.41) is 3.83. The zero-order chi connectivity index (χ0) is 41.9. The molecule has 4 heterocycles. The number of fused-ring (bicyclic) bond motifs is 7. The summed E-state index contributed by atoms with van der Waals surface area (Å²) in [4.78, 5) is 39.1. The van der Waals surface area contributed by atoms with Gasteiger partial charge >= 0.3 is 0 Å². The number of carbonyl (C=O) groups is 1. The lowest BCUT2D eigenvalue weighted by atomic mass is 9.69. The van der Waals surface area contributed by atoms with Crippen LogP contribution in [-0.4, -0.2) is 51.5 Å². The lowest BCUT2D eigenvalue weighted by Gasteiger charge is -2.35. The van der Waals surface area contributed by atoms with Gasteiger partial charge in [-0.25, -0.2) is 4.98 Å². The third-order valence-corrected chi connectivity index (χ3v) is 15.4. The molecule has 2 aliphatic heterocycles. The number of hydrogen-bond acceptors (Lipinski definition) is 6. The Morgan fingerprint density at radius 1 is 0.950 bits per heavy atom. The fourth-order valence-corrected chi connectivity index (χ4v) is 11.9. The van der Waals surface area contributed by atoms with Crippen molar-refractivity contribution in [2.45, 2.75) is 141 Å². The van der Waals surface area contributed by atoms with Gasteiger partial charge in [0.25, 0.3) is 5.56 Å². The van der Waals surface area contributed by atoms with Crippen molar-refractivity contribution in [3.63, 3.8) is 0 Å². The summed E-state index contributed by atoms with van der Waals surface area (Å²) in [6.07, 6.45) is 16.9. The summed E-state index contributed by atoms with van der Waals surface area (Å²) < 4.78 is 3.13. The Bertz CT molecular complexity index is 2330. The van der Waals surface area contributed by atoms with Crippen LogP contribution in [0.2, 0.25) is 0 Å². The quantitative estimate of drug-likeness (QED) is 0.106. The normalized spacial score (nSPS) is 17.2. The SMILES string of the molecule is Cc1ncsc1-c1ccc(C(CCCCCN2CCC(c3ccc4c(c3)C3(CCCCC3)c3nc(=O)c5c(Br)cccc5n3-4)CC2)CCCCNC(=O)CC(C)(C)C)cc1. The van der Waals surface area contributed by atoms with Gasteiger partial charge in [-0.05, 0) is 152 Å². The molecule has 9 heteroatoms. The molecule has 1 N–H and O–H groups in total. The first-order valence-electron chi connectivity index (χ1n) is 22.9. The van der Waals surface area contributed by atoms with E-state index in [2.05, 4.69) is 112 Å². The van der Waals surface area contributed by atoms with E-state index in [0.717, 1.165) is 73.2 Å². The highest BCUT2D eigenvalue weighted by atomic mass is 79.9. The molecule has 1 spiro atoms. The van der Waals surface area contributed by atoms with Crippen molar-refractivity contribution in [2.75, 3.05) is 26.2 Å². The van der Waals surface area contributed by atoms with Crippen LogP contribution in [0.3, 0.4) is 0 Å². The third-order valence-electron chi connectivity index (χ3n) is 13.7. The smallest absolute Gasteiger partial charge is 0.281 e. The number of likely N-dealkylation sites (tertiary alicyclic amines) is 1. The number of benzene rings is 3. The molecule has 3 aromatic carbocycles. The van der Waals surface area contributed by atoms with Gasteiger partial charge in [0.15, 0.2) is 0 Å². The number of halogens is 1. The van der Waals surface area contributed by atoms with Crippen LogP contribution in [0.25, 0.3) is 27.0 Å². The van der Waals surface area contributed by atoms with Crippen molar-refractivity contribution in [1.82, 2.24) is 24.8 Å². The monoisotopic (exact) mass is 889 g/mol. The standard InChI is InChI=1S/C51H64BrN5O2S/c1-35-47(60-34-54-35)39-20-18-37(19-21-39)36(15-8-11-28-53-45(58)33-50(2,3)4)14-7-5-12-29-56-30-24-38(25-31-56)40-22-23-43-41(32-40)51(26-9-6-10-27-51)49-55-48(59)46-42(52)16-13-17-44(46)57(43)49/h13,16-23,32,34,36,38H,5-12,14-15,24-31,33H2,1-4H3,(H,53,58). The van der Waals surface area contributed by atoms with Gasteiger partial charge in [0.2, 0.25) is 5.91 Å². The van der Waals surface area contributed by atoms with E-state index >= 15 is 0 Å². The molecule has 1 aliphatic carbocycles. The lowest BCUT2D eigenvalue weighted by Crippen LogP contribution is -2.34. The molecule has 318 valence electrons. The maximum absolute atomic E-state index is 13.5. The second kappa shape index (κ2) is 18.8. The fourth-order valence-electron chi connectivity index (χ4n) is 10.6. The number of aryl methyl sites for hydroxylation is 1.